The highest BCUT2D eigenvalue weighted by Crippen LogP contribution is 2.29. The van der Waals surface area contributed by atoms with E-state index in [0.29, 0.717) is 0 Å². The lowest BCUT2D eigenvalue weighted by Gasteiger charge is -2.06. The SMILES string of the molecule is c1cc2c3[nH]c(cc3c1)Cc1cc3cccc(c3[nH]1)Cc1cccc3cc([nH]c13)C2. The molecule has 0 unspecified atom stereocenters. The molecule has 3 nitrogen and oxygen atoms in total. The molecule has 0 atom stereocenters. The molecule has 4 heterocycles. The molecule has 0 saturated heterocycles. The standard InChI is InChI=1S/C27H21N3/c1-4-16-10-17-5-2-7-20-13-23(29-26(17)20)15-24-14-21-9-3-8-19(27(21)30-24)12-22-11-18(6-1)25(16)28-22/h1-9,11,13-14,28-30H,10,12,15H2. The number of rotatable bonds is 0. The topological polar surface area (TPSA) is 47.4 Å². The van der Waals surface area contributed by atoms with Crippen LogP contribution >= 0.6 is 0 Å². The number of benzene rings is 3. The fraction of sp³-hybridized carbons (Fsp3) is 0.111. The fourth-order valence-electron chi connectivity index (χ4n) is 5.17. The molecule has 0 amide bonds. The number of fused-ring (bicyclic) bond motifs is 3. The Balaban J connectivity index is 1.54. The molecule has 0 aliphatic carbocycles. The van der Waals surface area contributed by atoms with Gasteiger partial charge in [0.05, 0.1) is 0 Å². The number of nitrogens with one attached hydrogen (secondary N) is 3. The van der Waals surface area contributed by atoms with Gasteiger partial charge in [0.2, 0.25) is 0 Å². The molecular weight excluding hydrogens is 366 g/mol. The molecule has 1 aliphatic rings. The van der Waals surface area contributed by atoms with Crippen LogP contribution in [0.4, 0.5) is 0 Å². The molecule has 6 aromatic rings. The summed E-state index contributed by atoms with van der Waals surface area (Å²) in [5, 5.41) is 3.85. The van der Waals surface area contributed by atoms with Crippen LogP contribution in [0.2, 0.25) is 0 Å². The summed E-state index contributed by atoms with van der Waals surface area (Å²) < 4.78 is 0. The lowest BCUT2D eigenvalue weighted by Crippen LogP contribution is -1.92. The summed E-state index contributed by atoms with van der Waals surface area (Å²) in [6, 6.07) is 26.8. The normalized spacial score (nSPS) is 13.6. The Morgan fingerprint density at radius 3 is 1.30 bits per heavy atom. The summed E-state index contributed by atoms with van der Waals surface area (Å²) in [7, 11) is 0. The van der Waals surface area contributed by atoms with Crippen LogP contribution in [0.25, 0.3) is 32.7 Å². The molecule has 144 valence electrons. The van der Waals surface area contributed by atoms with E-state index in [-0.39, 0.29) is 0 Å². The molecule has 7 rings (SSSR count). The van der Waals surface area contributed by atoms with Crippen LogP contribution in [0.1, 0.15) is 33.8 Å². The minimum absolute atomic E-state index is 0.879. The van der Waals surface area contributed by atoms with E-state index >= 15 is 0 Å². The molecule has 0 spiro atoms. The maximum atomic E-state index is 3.74. The van der Waals surface area contributed by atoms with Crippen molar-refractivity contribution in [1.29, 1.82) is 0 Å². The van der Waals surface area contributed by atoms with Crippen molar-refractivity contribution in [2.75, 3.05) is 0 Å². The Morgan fingerprint density at radius 2 is 0.833 bits per heavy atom. The van der Waals surface area contributed by atoms with E-state index in [1.54, 1.807) is 0 Å². The molecular formula is C27H21N3. The van der Waals surface area contributed by atoms with Crippen molar-refractivity contribution in [3.05, 3.63) is 107 Å². The zero-order chi connectivity index (χ0) is 19.7. The number of hydrogen-bond donors (Lipinski definition) is 3. The van der Waals surface area contributed by atoms with Gasteiger partial charge in [-0.15, -0.1) is 0 Å². The van der Waals surface area contributed by atoms with Crippen LogP contribution in [-0.4, -0.2) is 15.0 Å². The van der Waals surface area contributed by atoms with Gasteiger partial charge >= 0.3 is 0 Å². The minimum Gasteiger partial charge on any atom is -0.358 e. The molecule has 0 fully saturated rings. The van der Waals surface area contributed by atoms with Crippen molar-refractivity contribution >= 4 is 32.7 Å². The molecule has 3 heteroatoms. The van der Waals surface area contributed by atoms with Crippen molar-refractivity contribution in [2.24, 2.45) is 0 Å². The van der Waals surface area contributed by atoms with Gasteiger partial charge in [-0.05, 0) is 51.0 Å². The smallest absolute Gasteiger partial charge is 0.0492 e. The van der Waals surface area contributed by atoms with Crippen LogP contribution in [0.15, 0.2) is 72.8 Å². The average Bonchev–Trinajstić information content (AvgIpc) is 3.44. The molecule has 1 aliphatic heterocycles. The molecule has 0 radical (unpaired) electrons. The predicted octanol–water partition coefficient (Wildman–Crippen LogP) is 6.22. The van der Waals surface area contributed by atoms with Crippen molar-refractivity contribution in [3.8, 4) is 0 Å². The van der Waals surface area contributed by atoms with Gasteiger partial charge in [-0.1, -0.05) is 54.6 Å². The monoisotopic (exact) mass is 387 g/mol. The van der Waals surface area contributed by atoms with Gasteiger partial charge < -0.3 is 15.0 Å². The summed E-state index contributed by atoms with van der Waals surface area (Å²) in [4.78, 5) is 11.2. The third-order valence-corrected chi connectivity index (χ3v) is 6.54. The van der Waals surface area contributed by atoms with E-state index in [1.807, 2.05) is 0 Å². The van der Waals surface area contributed by atoms with Gasteiger partial charge in [-0.3, -0.25) is 0 Å². The minimum atomic E-state index is 0.879. The van der Waals surface area contributed by atoms with Gasteiger partial charge in [-0.25, -0.2) is 0 Å². The lowest BCUT2D eigenvalue weighted by atomic mass is 10.0. The molecule has 3 N–H and O–H groups in total. The van der Waals surface area contributed by atoms with Gasteiger partial charge in [0.25, 0.3) is 0 Å². The molecule has 6 bridgehead atoms. The predicted molar refractivity (Wildman–Crippen MR) is 123 cm³/mol. The first-order chi connectivity index (χ1) is 14.8. The zero-order valence-corrected chi connectivity index (χ0v) is 16.5. The van der Waals surface area contributed by atoms with Crippen molar-refractivity contribution in [2.45, 2.75) is 19.3 Å². The maximum absolute atomic E-state index is 3.74. The van der Waals surface area contributed by atoms with Gasteiger partial charge in [0, 0.05) is 52.9 Å². The zero-order valence-electron chi connectivity index (χ0n) is 16.5. The van der Waals surface area contributed by atoms with Crippen LogP contribution in [0.3, 0.4) is 0 Å². The summed E-state index contributed by atoms with van der Waals surface area (Å²) >= 11 is 0. The number of H-pyrrole nitrogens is 3. The number of aromatic amines is 3. The number of para-hydroxylation sites is 3. The second-order valence-electron chi connectivity index (χ2n) is 8.56. The van der Waals surface area contributed by atoms with E-state index in [9.17, 15) is 0 Å². The van der Waals surface area contributed by atoms with Gasteiger partial charge in [0.1, 0.15) is 0 Å². The first kappa shape index (κ1) is 16.1. The lowest BCUT2D eigenvalue weighted by molar-refractivity contribution is 1.06. The largest absolute Gasteiger partial charge is 0.358 e. The van der Waals surface area contributed by atoms with Crippen LogP contribution in [-0.2, 0) is 19.3 Å². The fourth-order valence-corrected chi connectivity index (χ4v) is 5.17. The molecule has 3 aromatic carbocycles. The highest BCUT2D eigenvalue weighted by atomic mass is 14.8. The third-order valence-electron chi connectivity index (χ3n) is 6.54. The van der Waals surface area contributed by atoms with Crippen LogP contribution in [0, 0.1) is 0 Å². The average molecular weight is 387 g/mol. The first-order valence-electron chi connectivity index (χ1n) is 10.6. The summed E-state index contributed by atoms with van der Waals surface area (Å²) in [6.07, 6.45) is 2.69. The highest BCUT2D eigenvalue weighted by molar-refractivity contribution is 5.88. The molecule has 0 saturated carbocycles. The summed E-state index contributed by atoms with van der Waals surface area (Å²) in [5.41, 5.74) is 11.5. The first-order valence-corrected chi connectivity index (χ1v) is 10.6. The van der Waals surface area contributed by atoms with Crippen molar-refractivity contribution in [3.63, 3.8) is 0 Å². The maximum Gasteiger partial charge on any atom is 0.0492 e. The summed E-state index contributed by atoms with van der Waals surface area (Å²) in [5.74, 6) is 0. The van der Waals surface area contributed by atoms with E-state index in [2.05, 4.69) is 87.7 Å². The van der Waals surface area contributed by atoms with E-state index in [4.69, 9.17) is 0 Å². The Morgan fingerprint density at radius 1 is 0.433 bits per heavy atom. The van der Waals surface area contributed by atoms with Crippen LogP contribution < -0.4 is 0 Å². The van der Waals surface area contributed by atoms with Crippen LogP contribution in [0.5, 0.6) is 0 Å². The van der Waals surface area contributed by atoms with Gasteiger partial charge in [0.15, 0.2) is 0 Å². The Bertz CT molecular complexity index is 1570. The van der Waals surface area contributed by atoms with Gasteiger partial charge in [-0.2, -0.15) is 0 Å². The Hall–Kier alpha value is -3.72. The molecule has 30 heavy (non-hydrogen) atoms. The quantitative estimate of drug-likeness (QED) is 0.277. The molecule has 3 aromatic heterocycles. The third kappa shape index (κ3) is 2.38. The van der Waals surface area contributed by atoms with E-state index in [1.165, 1.54) is 66.5 Å². The second kappa shape index (κ2) is 5.90. The summed E-state index contributed by atoms with van der Waals surface area (Å²) in [6.45, 7) is 0. The second-order valence-corrected chi connectivity index (χ2v) is 8.56. The van der Waals surface area contributed by atoms with Crippen molar-refractivity contribution in [1.82, 2.24) is 15.0 Å². The number of aromatic nitrogens is 3. The highest BCUT2D eigenvalue weighted by Gasteiger charge is 2.14. The van der Waals surface area contributed by atoms with Crippen molar-refractivity contribution < 1.29 is 0 Å². The Kier molecular flexibility index (Phi) is 3.17. The van der Waals surface area contributed by atoms with E-state index in [0.717, 1.165) is 19.3 Å². The number of hydrogen-bond acceptors (Lipinski definition) is 0. The Labute approximate surface area is 173 Å². The van der Waals surface area contributed by atoms with E-state index < -0.39 is 0 Å².